The van der Waals surface area contributed by atoms with Crippen molar-refractivity contribution in [1.82, 2.24) is 0 Å². The molecule has 3 aromatic rings. The Labute approximate surface area is 190 Å². The first-order valence-corrected chi connectivity index (χ1v) is 10.4. The highest BCUT2D eigenvalue weighted by atomic mass is 19.2. The minimum Gasteiger partial charge on any atom is -0.378 e. The molecule has 0 saturated heterocycles. The number of aryl methyl sites for hydroxylation is 2. The first-order valence-electron chi connectivity index (χ1n) is 10.4. The highest BCUT2D eigenvalue weighted by Crippen LogP contribution is 2.35. The lowest BCUT2D eigenvalue weighted by Crippen LogP contribution is -2.32. The number of nitrogens with one attached hydrogen (secondary N) is 1. The third-order valence-corrected chi connectivity index (χ3v) is 5.69. The third-order valence-electron chi connectivity index (χ3n) is 5.69. The molecule has 0 atom stereocenters. The smallest absolute Gasteiger partial charge is 0.282 e. The first-order chi connectivity index (χ1) is 15.7. The number of rotatable bonds is 5. The van der Waals surface area contributed by atoms with E-state index in [0.717, 1.165) is 33.8 Å². The van der Waals surface area contributed by atoms with Crippen molar-refractivity contribution < 1.29 is 18.4 Å². The first kappa shape index (κ1) is 22.2. The summed E-state index contributed by atoms with van der Waals surface area (Å²) in [5.74, 6) is -3.12. The van der Waals surface area contributed by atoms with E-state index in [0.29, 0.717) is 11.3 Å². The van der Waals surface area contributed by atoms with Crippen LogP contribution in [0.1, 0.15) is 16.7 Å². The molecule has 0 unspecified atom stereocenters. The van der Waals surface area contributed by atoms with Crippen molar-refractivity contribution in [3.63, 3.8) is 0 Å². The predicted octanol–water partition coefficient (Wildman–Crippen LogP) is 5.04. The Morgan fingerprint density at radius 2 is 1.48 bits per heavy atom. The van der Waals surface area contributed by atoms with Gasteiger partial charge in [0.1, 0.15) is 5.70 Å². The molecule has 33 heavy (non-hydrogen) atoms. The Bertz CT molecular complexity index is 1300. The van der Waals surface area contributed by atoms with Crippen molar-refractivity contribution in [2.24, 2.45) is 0 Å². The molecule has 0 bridgehead atoms. The number of anilines is 3. The zero-order valence-corrected chi connectivity index (χ0v) is 18.7. The molecule has 4 rings (SSSR count). The summed E-state index contributed by atoms with van der Waals surface area (Å²) in [6.45, 7) is 3.87. The molecule has 2 amide bonds. The summed E-state index contributed by atoms with van der Waals surface area (Å²) < 4.78 is 27.2. The predicted molar refractivity (Wildman–Crippen MR) is 126 cm³/mol. The zero-order valence-electron chi connectivity index (χ0n) is 18.7. The monoisotopic (exact) mass is 447 g/mol. The van der Waals surface area contributed by atoms with Crippen molar-refractivity contribution in [2.75, 3.05) is 29.2 Å². The number of amides is 2. The Kier molecular flexibility index (Phi) is 5.72. The SMILES string of the molecule is Cc1ccc(C2=C(Nc3ccc(F)c(F)c3)C(=O)N(c3ccc(N(C)C)cc3)C2=O)cc1C. The van der Waals surface area contributed by atoms with Gasteiger partial charge in [0.05, 0.1) is 11.3 Å². The molecule has 1 N–H and O–H groups in total. The van der Waals surface area contributed by atoms with Crippen molar-refractivity contribution in [2.45, 2.75) is 13.8 Å². The maximum absolute atomic E-state index is 13.8. The van der Waals surface area contributed by atoms with Crippen LogP contribution in [-0.2, 0) is 9.59 Å². The quantitative estimate of drug-likeness (QED) is 0.557. The summed E-state index contributed by atoms with van der Waals surface area (Å²) in [5, 5.41) is 2.85. The van der Waals surface area contributed by atoms with E-state index < -0.39 is 23.4 Å². The fourth-order valence-electron chi connectivity index (χ4n) is 3.66. The van der Waals surface area contributed by atoms with Gasteiger partial charge in [-0.25, -0.2) is 13.7 Å². The fourth-order valence-corrected chi connectivity index (χ4v) is 3.66. The van der Waals surface area contributed by atoms with Crippen LogP contribution in [0, 0.1) is 25.5 Å². The van der Waals surface area contributed by atoms with E-state index in [1.165, 1.54) is 6.07 Å². The number of nitrogens with zero attached hydrogens (tertiary/aromatic N) is 2. The highest BCUT2D eigenvalue weighted by molar-refractivity contribution is 6.46. The van der Waals surface area contributed by atoms with E-state index >= 15 is 0 Å². The summed E-state index contributed by atoms with van der Waals surface area (Å²) in [5.41, 5.74) is 4.24. The molecule has 1 aliphatic rings. The van der Waals surface area contributed by atoms with Gasteiger partial charge in [-0.1, -0.05) is 18.2 Å². The number of hydrogen-bond donors (Lipinski definition) is 1. The van der Waals surface area contributed by atoms with Crippen LogP contribution in [0.5, 0.6) is 0 Å². The molecule has 168 valence electrons. The second-order valence-electron chi connectivity index (χ2n) is 8.16. The van der Waals surface area contributed by atoms with E-state index in [9.17, 15) is 18.4 Å². The van der Waals surface area contributed by atoms with Crippen molar-refractivity contribution in [3.05, 3.63) is 94.7 Å². The molecule has 0 aliphatic carbocycles. The van der Waals surface area contributed by atoms with Gasteiger partial charge in [-0.2, -0.15) is 0 Å². The molecule has 1 heterocycles. The molecule has 0 saturated carbocycles. The molecule has 5 nitrogen and oxygen atoms in total. The third kappa shape index (κ3) is 4.09. The van der Waals surface area contributed by atoms with Crippen LogP contribution in [0.15, 0.2) is 66.4 Å². The van der Waals surface area contributed by atoms with E-state index in [1.54, 1.807) is 18.2 Å². The van der Waals surface area contributed by atoms with Crippen LogP contribution in [0.2, 0.25) is 0 Å². The zero-order chi connectivity index (χ0) is 23.9. The Hall–Kier alpha value is -4.00. The topological polar surface area (TPSA) is 52.7 Å². The minimum atomic E-state index is -1.05. The van der Waals surface area contributed by atoms with Crippen LogP contribution >= 0.6 is 0 Å². The largest absolute Gasteiger partial charge is 0.378 e. The maximum Gasteiger partial charge on any atom is 0.282 e. The average Bonchev–Trinajstić information content (AvgIpc) is 3.02. The van der Waals surface area contributed by atoms with Gasteiger partial charge in [0.15, 0.2) is 11.6 Å². The standard InChI is InChI=1S/C26H23F2N3O2/c1-15-5-6-17(13-16(15)2)23-24(29-18-7-12-21(27)22(28)14-18)26(33)31(25(23)32)20-10-8-19(9-11-20)30(3)4/h5-14,29H,1-4H3. The Balaban J connectivity index is 1.81. The second-order valence-corrected chi connectivity index (χ2v) is 8.16. The van der Waals surface area contributed by atoms with Crippen molar-refractivity contribution >= 4 is 34.4 Å². The summed E-state index contributed by atoms with van der Waals surface area (Å²) in [4.78, 5) is 29.9. The van der Waals surface area contributed by atoms with Crippen LogP contribution in [0.4, 0.5) is 25.8 Å². The molecule has 0 aromatic heterocycles. The maximum atomic E-state index is 13.8. The van der Waals surface area contributed by atoms with Gasteiger partial charge in [0.2, 0.25) is 0 Å². The lowest BCUT2D eigenvalue weighted by Gasteiger charge is -2.18. The van der Waals surface area contributed by atoms with E-state index in [4.69, 9.17) is 0 Å². The van der Waals surface area contributed by atoms with Crippen molar-refractivity contribution in [3.8, 4) is 0 Å². The lowest BCUT2D eigenvalue weighted by atomic mass is 9.99. The summed E-state index contributed by atoms with van der Waals surface area (Å²) in [6, 6.07) is 15.7. The van der Waals surface area contributed by atoms with Crippen LogP contribution < -0.4 is 15.1 Å². The molecule has 3 aromatic carbocycles. The molecule has 1 aliphatic heterocycles. The van der Waals surface area contributed by atoms with E-state index in [-0.39, 0.29) is 17.0 Å². The van der Waals surface area contributed by atoms with Gasteiger partial charge >= 0.3 is 0 Å². The van der Waals surface area contributed by atoms with E-state index in [1.807, 2.05) is 57.1 Å². The Morgan fingerprint density at radius 3 is 2.09 bits per heavy atom. The fraction of sp³-hybridized carbons (Fsp3) is 0.154. The number of carbonyl (C=O) groups excluding carboxylic acids is 2. The molecular weight excluding hydrogens is 424 g/mol. The van der Waals surface area contributed by atoms with Gasteiger partial charge in [0, 0.05) is 31.5 Å². The molecule has 7 heteroatoms. The summed E-state index contributed by atoms with van der Waals surface area (Å²) >= 11 is 0. The number of hydrogen-bond acceptors (Lipinski definition) is 4. The van der Waals surface area contributed by atoms with Gasteiger partial charge in [-0.15, -0.1) is 0 Å². The van der Waals surface area contributed by atoms with Gasteiger partial charge in [-0.3, -0.25) is 9.59 Å². The highest BCUT2D eigenvalue weighted by Gasteiger charge is 2.40. The molecule has 0 radical (unpaired) electrons. The van der Waals surface area contributed by atoms with Gasteiger partial charge in [0.25, 0.3) is 11.8 Å². The molecule has 0 spiro atoms. The summed E-state index contributed by atoms with van der Waals surface area (Å²) in [7, 11) is 3.79. The molecular formula is C26H23F2N3O2. The number of benzene rings is 3. The number of halogens is 2. The van der Waals surface area contributed by atoms with Crippen molar-refractivity contribution in [1.29, 1.82) is 0 Å². The lowest BCUT2D eigenvalue weighted by molar-refractivity contribution is -0.120. The second kappa shape index (κ2) is 8.50. The normalized spacial score (nSPS) is 13.7. The molecule has 0 fully saturated rings. The average molecular weight is 447 g/mol. The van der Waals surface area contributed by atoms with Gasteiger partial charge in [-0.05, 0) is 66.9 Å². The minimum absolute atomic E-state index is 0.00551. The van der Waals surface area contributed by atoms with E-state index in [2.05, 4.69) is 5.32 Å². The van der Waals surface area contributed by atoms with Gasteiger partial charge < -0.3 is 10.2 Å². The number of imide groups is 1. The van der Waals surface area contributed by atoms with Crippen LogP contribution in [0.3, 0.4) is 0 Å². The Morgan fingerprint density at radius 1 is 0.788 bits per heavy atom. The van der Waals surface area contributed by atoms with Crippen LogP contribution in [0.25, 0.3) is 5.57 Å². The van der Waals surface area contributed by atoms with Crippen LogP contribution in [-0.4, -0.2) is 25.9 Å². The summed E-state index contributed by atoms with van der Waals surface area (Å²) in [6.07, 6.45) is 0. The number of carbonyl (C=O) groups is 2.